The second-order valence-corrected chi connectivity index (χ2v) is 6.30. The lowest BCUT2D eigenvalue weighted by Gasteiger charge is -2.27. The summed E-state index contributed by atoms with van der Waals surface area (Å²) in [4.78, 5) is 30.0. The Morgan fingerprint density at radius 1 is 1.21 bits per heavy atom. The van der Waals surface area contributed by atoms with Crippen LogP contribution in [0.2, 0.25) is 5.02 Å². The van der Waals surface area contributed by atoms with Crippen molar-refractivity contribution < 1.29 is 9.59 Å². The molecule has 1 unspecified atom stereocenters. The van der Waals surface area contributed by atoms with E-state index in [0.29, 0.717) is 24.5 Å². The summed E-state index contributed by atoms with van der Waals surface area (Å²) in [7, 11) is 0. The van der Waals surface area contributed by atoms with Crippen molar-refractivity contribution in [3.8, 4) is 0 Å². The second-order valence-electron chi connectivity index (χ2n) is 5.86. The molecule has 3 amide bonds. The maximum Gasteiger partial charge on any atom is 0.321 e. The molecule has 4 rings (SSSR count). The topological polar surface area (TPSA) is 74.3 Å². The van der Waals surface area contributed by atoms with Gasteiger partial charge in [0.2, 0.25) is 5.91 Å². The molecule has 2 aromatic rings. The third kappa shape index (κ3) is 2.59. The number of aromatic nitrogens is 1. The summed E-state index contributed by atoms with van der Waals surface area (Å²) in [5, 5.41) is 6.24. The Balaban J connectivity index is 1.73. The number of carbonyl (C=O) groups is 2. The van der Waals surface area contributed by atoms with Crippen molar-refractivity contribution in [2.24, 2.45) is 0 Å². The highest BCUT2D eigenvalue weighted by atomic mass is 35.5. The Hall–Kier alpha value is -2.60. The number of hydrogen-bond acceptors (Lipinski definition) is 3. The molecule has 2 aliphatic rings. The van der Waals surface area contributed by atoms with Gasteiger partial charge in [-0.25, -0.2) is 4.79 Å². The van der Waals surface area contributed by atoms with E-state index >= 15 is 0 Å². The number of nitrogens with zero attached hydrogens (tertiary/aromatic N) is 2. The van der Waals surface area contributed by atoms with Crippen LogP contribution in [0.5, 0.6) is 0 Å². The van der Waals surface area contributed by atoms with Gasteiger partial charge >= 0.3 is 6.03 Å². The van der Waals surface area contributed by atoms with Crippen LogP contribution in [0.4, 0.5) is 16.2 Å². The van der Waals surface area contributed by atoms with Crippen molar-refractivity contribution in [2.75, 3.05) is 23.3 Å². The van der Waals surface area contributed by atoms with E-state index in [1.165, 1.54) is 0 Å². The zero-order valence-corrected chi connectivity index (χ0v) is 13.5. The van der Waals surface area contributed by atoms with Crippen molar-refractivity contribution in [1.29, 1.82) is 0 Å². The van der Waals surface area contributed by atoms with Gasteiger partial charge in [0.15, 0.2) is 0 Å². The molecular formula is C17H15ClN4O2. The first-order chi connectivity index (χ1) is 11.6. The van der Waals surface area contributed by atoms with Gasteiger partial charge in [0.25, 0.3) is 0 Å². The van der Waals surface area contributed by atoms with Crippen LogP contribution in [0.1, 0.15) is 23.6 Å². The Morgan fingerprint density at radius 2 is 2.08 bits per heavy atom. The third-order valence-corrected chi connectivity index (χ3v) is 4.58. The maximum atomic E-state index is 12.1. The van der Waals surface area contributed by atoms with Crippen molar-refractivity contribution >= 4 is 34.9 Å². The lowest BCUT2D eigenvalue weighted by Crippen LogP contribution is -2.29. The van der Waals surface area contributed by atoms with Gasteiger partial charge in [0.1, 0.15) is 0 Å². The van der Waals surface area contributed by atoms with Crippen LogP contribution in [-0.4, -0.2) is 30.0 Å². The first kappa shape index (κ1) is 15.0. The molecule has 2 aliphatic heterocycles. The van der Waals surface area contributed by atoms with Gasteiger partial charge in [-0.2, -0.15) is 0 Å². The fraction of sp³-hybridized carbons (Fsp3) is 0.235. The number of nitrogens with one attached hydrogen (secondary N) is 2. The number of amides is 3. The number of rotatable bonds is 2. The Morgan fingerprint density at radius 3 is 2.79 bits per heavy atom. The number of anilines is 2. The van der Waals surface area contributed by atoms with Crippen molar-refractivity contribution in [2.45, 2.75) is 12.3 Å². The number of benzene rings is 1. The van der Waals surface area contributed by atoms with Crippen molar-refractivity contribution in [1.82, 2.24) is 10.3 Å². The van der Waals surface area contributed by atoms with Crippen LogP contribution in [0.3, 0.4) is 0 Å². The molecule has 1 aromatic carbocycles. The van der Waals surface area contributed by atoms with Gasteiger partial charge in [-0.1, -0.05) is 17.7 Å². The highest BCUT2D eigenvalue weighted by molar-refractivity contribution is 6.30. The first-order valence-corrected chi connectivity index (χ1v) is 8.10. The highest BCUT2D eigenvalue weighted by Gasteiger charge is 2.29. The molecule has 0 aliphatic carbocycles. The lowest BCUT2D eigenvalue weighted by atomic mass is 9.87. The molecule has 1 saturated heterocycles. The summed E-state index contributed by atoms with van der Waals surface area (Å²) in [5.74, 6) is -0.181. The Bertz CT molecular complexity index is 822. The summed E-state index contributed by atoms with van der Waals surface area (Å²) in [6, 6.07) is 9.21. The molecule has 0 saturated carbocycles. The van der Waals surface area contributed by atoms with Gasteiger partial charge in [0.05, 0.1) is 5.02 Å². The standard InChI is InChI=1S/C17H15ClN4O2/c18-10-1-4-14(20-9-10)13-8-16(23)21-15-7-11(2-3-12(13)15)22-6-5-19-17(22)24/h1-4,7,9,13H,5-6,8H2,(H,19,24)(H,21,23). The van der Waals surface area contributed by atoms with E-state index in [9.17, 15) is 9.59 Å². The monoisotopic (exact) mass is 342 g/mol. The van der Waals surface area contributed by atoms with Crippen LogP contribution >= 0.6 is 11.6 Å². The van der Waals surface area contributed by atoms with Crippen LogP contribution in [0, 0.1) is 0 Å². The lowest BCUT2D eigenvalue weighted by molar-refractivity contribution is -0.116. The van der Waals surface area contributed by atoms with Crippen LogP contribution in [0.15, 0.2) is 36.5 Å². The highest BCUT2D eigenvalue weighted by Crippen LogP contribution is 2.38. The van der Waals surface area contributed by atoms with E-state index in [-0.39, 0.29) is 17.9 Å². The minimum atomic E-state index is -0.118. The van der Waals surface area contributed by atoms with Crippen LogP contribution < -0.4 is 15.5 Å². The number of fused-ring (bicyclic) bond motifs is 1. The van der Waals surface area contributed by atoms with E-state index in [2.05, 4.69) is 15.6 Å². The zero-order chi connectivity index (χ0) is 16.7. The number of hydrogen-bond donors (Lipinski definition) is 2. The SMILES string of the molecule is O=C1CC(c2ccc(Cl)cn2)c2ccc(N3CCNC3=O)cc2N1. The third-order valence-electron chi connectivity index (χ3n) is 4.35. The smallest absolute Gasteiger partial charge is 0.321 e. The van der Waals surface area contributed by atoms with Gasteiger partial charge < -0.3 is 10.6 Å². The summed E-state index contributed by atoms with van der Waals surface area (Å²) >= 11 is 5.90. The minimum absolute atomic E-state index is 0.0627. The predicted octanol–water partition coefficient (Wildman–Crippen LogP) is 2.74. The molecular weight excluding hydrogens is 328 g/mol. The van der Waals surface area contributed by atoms with E-state index in [1.807, 2.05) is 24.3 Å². The fourth-order valence-electron chi connectivity index (χ4n) is 3.20. The molecule has 6 nitrogen and oxygen atoms in total. The average Bonchev–Trinajstić information content (AvgIpc) is 3.00. The van der Waals surface area contributed by atoms with E-state index in [1.54, 1.807) is 17.2 Å². The van der Waals surface area contributed by atoms with Crippen molar-refractivity contribution in [3.63, 3.8) is 0 Å². The minimum Gasteiger partial charge on any atom is -0.336 e. The molecule has 0 radical (unpaired) electrons. The molecule has 3 heterocycles. The van der Waals surface area contributed by atoms with Crippen molar-refractivity contribution in [3.05, 3.63) is 52.8 Å². The Kier molecular flexibility index (Phi) is 3.61. The van der Waals surface area contributed by atoms with Gasteiger partial charge in [-0.15, -0.1) is 0 Å². The fourth-order valence-corrected chi connectivity index (χ4v) is 3.31. The zero-order valence-electron chi connectivity index (χ0n) is 12.8. The number of carbonyl (C=O) groups excluding carboxylic acids is 2. The largest absolute Gasteiger partial charge is 0.336 e. The van der Waals surface area contributed by atoms with E-state index < -0.39 is 0 Å². The summed E-state index contributed by atoms with van der Waals surface area (Å²) in [6.45, 7) is 1.24. The van der Waals surface area contributed by atoms with E-state index in [0.717, 1.165) is 22.6 Å². The summed E-state index contributed by atoms with van der Waals surface area (Å²) in [6.07, 6.45) is 1.93. The number of halogens is 1. The summed E-state index contributed by atoms with van der Waals surface area (Å²) in [5.41, 5.74) is 3.30. The molecule has 0 bridgehead atoms. The maximum absolute atomic E-state index is 12.1. The molecule has 1 fully saturated rings. The molecule has 0 spiro atoms. The number of urea groups is 1. The van der Waals surface area contributed by atoms with Gasteiger partial charge in [-0.05, 0) is 29.8 Å². The summed E-state index contributed by atoms with van der Waals surface area (Å²) < 4.78 is 0. The van der Waals surface area contributed by atoms with Gasteiger partial charge in [0, 0.05) is 48.7 Å². The molecule has 2 N–H and O–H groups in total. The molecule has 7 heteroatoms. The number of pyridine rings is 1. The molecule has 24 heavy (non-hydrogen) atoms. The molecule has 1 atom stereocenters. The van der Waals surface area contributed by atoms with Gasteiger partial charge in [-0.3, -0.25) is 14.7 Å². The van der Waals surface area contributed by atoms with Crippen LogP contribution in [-0.2, 0) is 4.79 Å². The molecule has 122 valence electrons. The van der Waals surface area contributed by atoms with E-state index in [4.69, 9.17) is 11.6 Å². The second kappa shape index (κ2) is 5.79. The first-order valence-electron chi connectivity index (χ1n) is 7.72. The normalized spacial score (nSPS) is 19.7. The predicted molar refractivity (Wildman–Crippen MR) is 91.5 cm³/mol. The molecule has 1 aromatic heterocycles. The average molecular weight is 343 g/mol. The quantitative estimate of drug-likeness (QED) is 0.881. The van der Waals surface area contributed by atoms with Crippen LogP contribution in [0.25, 0.3) is 0 Å². The Labute approximate surface area is 143 Å².